The minimum absolute atomic E-state index is 0.0429. The van der Waals surface area contributed by atoms with Gasteiger partial charge in [0, 0.05) is 24.0 Å². The summed E-state index contributed by atoms with van der Waals surface area (Å²) in [5.74, 6) is 2.79. The first-order valence-corrected chi connectivity index (χ1v) is 9.95. The molecule has 0 fully saturated rings. The molecule has 2 aromatic carbocycles. The molecule has 0 aromatic heterocycles. The summed E-state index contributed by atoms with van der Waals surface area (Å²) in [4.78, 5) is 0. The molecule has 0 spiro atoms. The highest BCUT2D eigenvalue weighted by atomic mass is 16.7. The van der Waals surface area contributed by atoms with Crippen molar-refractivity contribution in [3.63, 3.8) is 0 Å². The molecule has 2 aliphatic rings. The summed E-state index contributed by atoms with van der Waals surface area (Å²) < 4.78 is 34.0. The van der Waals surface area contributed by atoms with E-state index in [4.69, 9.17) is 28.4 Å². The number of methoxy groups -OCH3 is 4. The van der Waals surface area contributed by atoms with Crippen molar-refractivity contribution in [3.05, 3.63) is 23.3 Å². The molecule has 4 rings (SSSR count). The third-order valence-corrected chi connectivity index (χ3v) is 6.30. The molecule has 8 heteroatoms. The van der Waals surface area contributed by atoms with Crippen LogP contribution in [0.3, 0.4) is 0 Å². The minimum Gasteiger partial charge on any atom is -0.493 e. The van der Waals surface area contributed by atoms with E-state index in [1.807, 2.05) is 0 Å². The van der Waals surface area contributed by atoms with Crippen molar-refractivity contribution < 1.29 is 38.6 Å². The van der Waals surface area contributed by atoms with E-state index in [0.717, 1.165) is 5.56 Å². The third kappa shape index (κ3) is 3.13. The van der Waals surface area contributed by atoms with E-state index in [1.54, 1.807) is 40.2 Å². The Hall–Kier alpha value is -2.84. The topological polar surface area (TPSA) is 95.8 Å². The average molecular weight is 432 g/mol. The van der Waals surface area contributed by atoms with Crippen LogP contribution < -0.4 is 28.4 Å². The Kier molecular flexibility index (Phi) is 5.10. The molecule has 1 heterocycles. The Balaban J connectivity index is 2.16. The molecule has 31 heavy (non-hydrogen) atoms. The normalized spacial score (nSPS) is 23.9. The first-order valence-electron chi connectivity index (χ1n) is 9.95. The van der Waals surface area contributed by atoms with E-state index in [-0.39, 0.29) is 19.6 Å². The summed E-state index contributed by atoms with van der Waals surface area (Å²) in [5.41, 5.74) is -0.0692. The number of fused-ring (bicyclic) bond motifs is 5. The van der Waals surface area contributed by atoms with Crippen molar-refractivity contribution in [2.45, 2.75) is 37.9 Å². The van der Waals surface area contributed by atoms with Crippen LogP contribution in [0.25, 0.3) is 11.1 Å². The molecule has 0 amide bonds. The summed E-state index contributed by atoms with van der Waals surface area (Å²) in [7, 11) is 6.17. The van der Waals surface area contributed by atoms with Gasteiger partial charge in [0.15, 0.2) is 23.0 Å². The van der Waals surface area contributed by atoms with Crippen LogP contribution in [0.5, 0.6) is 34.5 Å². The maximum atomic E-state index is 11.3. The highest BCUT2D eigenvalue weighted by Crippen LogP contribution is 2.57. The Morgan fingerprint density at radius 3 is 1.77 bits per heavy atom. The first-order chi connectivity index (χ1) is 14.7. The number of aliphatic hydroxyl groups is 2. The largest absolute Gasteiger partial charge is 0.493 e. The van der Waals surface area contributed by atoms with E-state index in [0.29, 0.717) is 51.2 Å². The Bertz CT molecular complexity index is 1030. The van der Waals surface area contributed by atoms with Gasteiger partial charge in [0.05, 0.1) is 39.6 Å². The van der Waals surface area contributed by atoms with Gasteiger partial charge in [-0.1, -0.05) is 0 Å². The van der Waals surface area contributed by atoms with E-state index < -0.39 is 11.2 Å². The van der Waals surface area contributed by atoms with E-state index in [1.165, 1.54) is 14.2 Å². The van der Waals surface area contributed by atoms with Crippen LogP contribution in [0.1, 0.15) is 25.0 Å². The molecule has 8 nitrogen and oxygen atoms in total. The first kappa shape index (κ1) is 21.4. The van der Waals surface area contributed by atoms with Gasteiger partial charge in [-0.2, -0.15) is 0 Å². The van der Waals surface area contributed by atoms with Gasteiger partial charge in [0.2, 0.25) is 18.3 Å². The van der Waals surface area contributed by atoms with E-state index in [2.05, 4.69) is 0 Å². The highest BCUT2D eigenvalue weighted by molar-refractivity contribution is 5.89. The van der Waals surface area contributed by atoms with Gasteiger partial charge in [-0.15, -0.1) is 0 Å². The lowest BCUT2D eigenvalue weighted by atomic mass is 9.72. The summed E-state index contributed by atoms with van der Waals surface area (Å²) in [6.45, 7) is 3.28. The second kappa shape index (κ2) is 7.39. The van der Waals surface area contributed by atoms with Gasteiger partial charge in [-0.05, 0) is 37.1 Å². The van der Waals surface area contributed by atoms with Gasteiger partial charge in [0.1, 0.15) is 0 Å². The molecule has 2 aromatic rings. The summed E-state index contributed by atoms with van der Waals surface area (Å²) in [6.07, 6.45) is 0.298. The van der Waals surface area contributed by atoms with Gasteiger partial charge in [-0.25, -0.2) is 0 Å². The van der Waals surface area contributed by atoms with Gasteiger partial charge in [0.25, 0.3) is 0 Å². The lowest BCUT2D eigenvalue weighted by molar-refractivity contribution is -0.129. The van der Waals surface area contributed by atoms with Crippen molar-refractivity contribution in [3.8, 4) is 45.6 Å². The van der Waals surface area contributed by atoms with Gasteiger partial charge < -0.3 is 38.6 Å². The number of ether oxygens (including phenoxy) is 6. The van der Waals surface area contributed by atoms with Crippen LogP contribution in [-0.4, -0.2) is 56.6 Å². The second-order valence-corrected chi connectivity index (χ2v) is 8.26. The van der Waals surface area contributed by atoms with Crippen LogP contribution in [-0.2, 0) is 12.8 Å². The zero-order chi connectivity index (χ0) is 22.6. The number of rotatable bonds is 4. The maximum absolute atomic E-state index is 11.3. The molecular formula is C23H28O8. The van der Waals surface area contributed by atoms with Gasteiger partial charge in [-0.3, -0.25) is 0 Å². The smallest absolute Gasteiger partial charge is 0.231 e. The number of hydrogen-bond acceptors (Lipinski definition) is 8. The predicted octanol–water partition coefficient (Wildman–Crippen LogP) is 2.72. The Morgan fingerprint density at radius 1 is 0.710 bits per heavy atom. The predicted molar refractivity (Wildman–Crippen MR) is 113 cm³/mol. The highest BCUT2D eigenvalue weighted by Gasteiger charge is 2.46. The molecule has 2 N–H and O–H groups in total. The van der Waals surface area contributed by atoms with Crippen molar-refractivity contribution in [2.75, 3.05) is 35.2 Å². The van der Waals surface area contributed by atoms with Crippen molar-refractivity contribution in [1.82, 2.24) is 0 Å². The summed E-state index contributed by atoms with van der Waals surface area (Å²) in [5, 5.41) is 22.6. The molecule has 1 aliphatic heterocycles. The van der Waals surface area contributed by atoms with Crippen LogP contribution >= 0.6 is 0 Å². The van der Waals surface area contributed by atoms with Crippen LogP contribution in [0, 0.1) is 0 Å². The van der Waals surface area contributed by atoms with Crippen molar-refractivity contribution >= 4 is 0 Å². The molecule has 2 atom stereocenters. The third-order valence-electron chi connectivity index (χ3n) is 6.30. The minimum atomic E-state index is -1.45. The molecule has 0 saturated carbocycles. The maximum Gasteiger partial charge on any atom is 0.231 e. The fourth-order valence-corrected chi connectivity index (χ4v) is 4.40. The lowest BCUT2D eigenvalue weighted by Crippen LogP contribution is -2.53. The quantitative estimate of drug-likeness (QED) is 0.762. The molecular weight excluding hydrogens is 404 g/mol. The van der Waals surface area contributed by atoms with Crippen molar-refractivity contribution in [1.29, 1.82) is 0 Å². The van der Waals surface area contributed by atoms with E-state index >= 15 is 0 Å². The molecule has 0 saturated heterocycles. The summed E-state index contributed by atoms with van der Waals surface area (Å²) >= 11 is 0. The lowest BCUT2D eigenvalue weighted by Gasteiger charge is -2.41. The fourth-order valence-electron chi connectivity index (χ4n) is 4.40. The molecule has 168 valence electrons. The van der Waals surface area contributed by atoms with E-state index in [9.17, 15) is 10.2 Å². The molecule has 0 bridgehead atoms. The standard InChI is InChI=1S/C23H28O8/c1-22(24)9-12-7-14(26-3)18(28-5)20(29-6)16(12)17-13(10-23(22,2)25)8-15(27-4)19-21(17)31-11-30-19/h7-8,24-25H,9-11H2,1-6H3/t22-,23+/m1/s1. The monoisotopic (exact) mass is 432 g/mol. The summed E-state index contributed by atoms with van der Waals surface area (Å²) in [6, 6.07) is 3.60. The van der Waals surface area contributed by atoms with Crippen LogP contribution in [0.2, 0.25) is 0 Å². The fraction of sp³-hybridized carbons (Fsp3) is 0.478. The second-order valence-electron chi connectivity index (χ2n) is 8.26. The zero-order valence-electron chi connectivity index (χ0n) is 18.6. The number of benzene rings is 2. The molecule has 1 aliphatic carbocycles. The van der Waals surface area contributed by atoms with Crippen molar-refractivity contribution in [2.24, 2.45) is 0 Å². The Labute approximate surface area is 181 Å². The van der Waals surface area contributed by atoms with Gasteiger partial charge >= 0.3 is 0 Å². The number of hydrogen-bond donors (Lipinski definition) is 2. The average Bonchev–Trinajstić information content (AvgIpc) is 3.21. The van der Waals surface area contributed by atoms with Crippen LogP contribution in [0.4, 0.5) is 0 Å². The Morgan fingerprint density at radius 2 is 1.23 bits per heavy atom. The molecule has 0 radical (unpaired) electrons. The SMILES string of the molecule is COc1cc2c(c(OC)c1OC)-c1c(cc(OC)c3c1OCO3)C[C@](C)(O)[C@](C)(O)C2. The molecule has 0 unspecified atom stereocenters. The van der Waals surface area contributed by atoms with Crippen LogP contribution in [0.15, 0.2) is 12.1 Å². The zero-order valence-corrected chi connectivity index (χ0v) is 18.6.